The molecule has 0 spiro atoms. The second-order valence-corrected chi connectivity index (χ2v) is 8.89. The molecule has 2 aromatic rings. The molecular weight excluding hydrogens is 392 g/mol. The van der Waals surface area contributed by atoms with Gasteiger partial charge in [0.1, 0.15) is 0 Å². The summed E-state index contributed by atoms with van der Waals surface area (Å²) in [7, 11) is -1.58. The first kappa shape index (κ1) is 21.0. The molecular formula is C20H24N4O4S. The number of carbonyl (C=O) groups is 2. The molecule has 1 fully saturated rings. The molecule has 2 N–H and O–H groups in total. The van der Waals surface area contributed by atoms with Gasteiger partial charge in [-0.25, -0.2) is 8.42 Å². The van der Waals surface area contributed by atoms with Gasteiger partial charge in [0.05, 0.1) is 4.90 Å². The van der Waals surface area contributed by atoms with Gasteiger partial charge in [-0.05, 0) is 49.5 Å². The van der Waals surface area contributed by atoms with Crippen molar-refractivity contribution in [3.63, 3.8) is 0 Å². The first-order valence-electron chi connectivity index (χ1n) is 9.23. The number of benzene rings is 2. The summed E-state index contributed by atoms with van der Waals surface area (Å²) in [5.74, 6) is -0.577. The Bertz CT molecular complexity index is 997. The van der Waals surface area contributed by atoms with E-state index in [1.165, 1.54) is 23.4 Å². The Morgan fingerprint density at radius 2 is 1.55 bits per heavy atom. The summed E-state index contributed by atoms with van der Waals surface area (Å²) in [6.07, 6.45) is 0. The predicted molar refractivity (Wildman–Crippen MR) is 111 cm³/mol. The Hall–Kier alpha value is -2.75. The summed E-state index contributed by atoms with van der Waals surface area (Å²) in [4.78, 5) is 25.9. The fourth-order valence-electron chi connectivity index (χ4n) is 3.03. The quantitative estimate of drug-likeness (QED) is 0.775. The highest BCUT2D eigenvalue weighted by Crippen LogP contribution is 2.20. The number of likely N-dealkylation sites (N-methyl/N-ethyl adjacent to an activating group) is 1. The van der Waals surface area contributed by atoms with Gasteiger partial charge in [-0.15, -0.1) is 0 Å². The van der Waals surface area contributed by atoms with Gasteiger partial charge >= 0.3 is 0 Å². The van der Waals surface area contributed by atoms with Crippen molar-refractivity contribution < 1.29 is 18.0 Å². The number of hydrogen-bond donors (Lipinski definition) is 2. The summed E-state index contributed by atoms with van der Waals surface area (Å²) in [5.41, 5.74) is 1.39. The van der Waals surface area contributed by atoms with E-state index in [1.807, 2.05) is 7.05 Å². The fourth-order valence-corrected chi connectivity index (χ4v) is 4.45. The molecule has 0 aromatic heterocycles. The van der Waals surface area contributed by atoms with Crippen molar-refractivity contribution in [1.29, 1.82) is 0 Å². The lowest BCUT2D eigenvalue weighted by Crippen LogP contribution is -2.46. The van der Waals surface area contributed by atoms with Crippen LogP contribution < -0.4 is 10.6 Å². The van der Waals surface area contributed by atoms with E-state index in [1.54, 1.807) is 36.4 Å². The van der Waals surface area contributed by atoms with Crippen molar-refractivity contribution in [2.45, 2.75) is 11.8 Å². The normalized spacial score (nSPS) is 15.7. The zero-order valence-corrected chi connectivity index (χ0v) is 17.2. The standard InChI is InChI=1S/C20H24N4O4S/c1-15(25)21-18-5-3-4-16(14-18)20(26)22-17-6-8-19(9-7-17)29(27,28)24-12-10-23(2)11-13-24/h3-9,14H,10-13H2,1-2H3,(H,21,25)(H,22,26). The minimum atomic E-state index is -3.55. The topological polar surface area (TPSA) is 98.8 Å². The lowest BCUT2D eigenvalue weighted by molar-refractivity contribution is -0.114. The van der Waals surface area contributed by atoms with Crippen molar-refractivity contribution in [1.82, 2.24) is 9.21 Å². The maximum Gasteiger partial charge on any atom is 0.255 e. The average molecular weight is 417 g/mol. The molecule has 0 atom stereocenters. The number of sulfonamides is 1. The average Bonchev–Trinajstić information content (AvgIpc) is 2.68. The van der Waals surface area contributed by atoms with E-state index in [9.17, 15) is 18.0 Å². The molecule has 0 saturated carbocycles. The summed E-state index contributed by atoms with van der Waals surface area (Å²) in [5, 5.41) is 5.36. The van der Waals surface area contributed by atoms with Crippen LogP contribution in [0.25, 0.3) is 0 Å². The van der Waals surface area contributed by atoms with E-state index in [-0.39, 0.29) is 16.7 Å². The maximum atomic E-state index is 12.8. The van der Waals surface area contributed by atoms with Gasteiger partial charge in [0.2, 0.25) is 15.9 Å². The molecule has 3 rings (SSSR count). The van der Waals surface area contributed by atoms with Crippen LogP contribution in [-0.2, 0) is 14.8 Å². The van der Waals surface area contributed by atoms with Gasteiger partial charge in [0.15, 0.2) is 0 Å². The summed E-state index contributed by atoms with van der Waals surface area (Å²) in [6, 6.07) is 12.7. The van der Waals surface area contributed by atoms with E-state index in [4.69, 9.17) is 0 Å². The highest BCUT2D eigenvalue weighted by molar-refractivity contribution is 7.89. The van der Waals surface area contributed by atoms with Crippen LogP contribution in [0.15, 0.2) is 53.4 Å². The Kier molecular flexibility index (Phi) is 6.31. The smallest absolute Gasteiger partial charge is 0.255 e. The number of hydrogen-bond acceptors (Lipinski definition) is 5. The molecule has 0 bridgehead atoms. The fraction of sp³-hybridized carbons (Fsp3) is 0.300. The first-order valence-corrected chi connectivity index (χ1v) is 10.7. The summed E-state index contributed by atoms with van der Waals surface area (Å²) >= 11 is 0. The summed E-state index contributed by atoms with van der Waals surface area (Å²) in [6.45, 7) is 3.71. The highest BCUT2D eigenvalue weighted by Gasteiger charge is 2.27. The van der Waals surface area contributed by atoms with E-state index < -0.39 is 10.0 Å². The van der Waals surface area contributed by atoms with Gasteiger partial charge in [-0.2, -0.15) is 4.31 Å². The molecule has 2 amide bonds. The predicted octanol–water partition coefficient (Wildman–Crippen LogP) is 1.83. The number of anilines is 2. The Morgan fingerprint density at radius 1 is 0.897 bits per heavy atom. The van der Waals surface area contributed by atoms with Crippen LogP contribution in [0.5, 0.6) is 0 Å². The molecule has 1 heterocycles. The molecule has 1 aliphatic heterocycles. The van der Waals surface area contributed by atoms with Crippen molar-refractivity contribution >= 4 is 33.2 Å². The Balaban J connectivity index is 1.69. The van der Waals surface area contributed by atoms with Crippen molar-refractivity contribution in [3.8, 4) is 0 Å². The second kappa shape index (κ2) is 8.73. The van der Waals surface area contributed by atoms with Crippen LogP contribution >= 0.6 is 0 Å². The van der Waals surface area contributed by atoms with Crippen LogP contribution in [0.1, 0.15) is 17.3 Å². The molecule has 9 heteroatoms. The second-order valence-electron chi connectivity index (χ2n) is 6.95. The highest BCUT2D eigenvalue weighted by atomic mass is 32.2. The van der Waals surface area contributed by atoms with Gasteiger partial charge in [-0.3, -0.25) is 9.59 Å². The van der Waals surface area contributed by atoms with E-state index in [2.05, 4.69) is 15.5 Å². The van der Waals surface area contributed by atoms with Crippen molar-refractivity contribution in [3.05, 3.63) is 54.1 Å². The Labute approximate surface area is 170 Å². The zero-order chi connectivity index (χ0) is 21.0. The van der Waals surface area contributed by atoms with Crippen LogP contribution in [0.2, 0.25) is 0 Å². The molecule has 2 aromatic carbocycles. The number of nitrogens with one attached hydrogen (secondary N) is 2. The van der Waals surface area contributed by atoms with Gasteiger partial charge < -0.3 is 15.5 Å². The van der Waals surface area contributed by atoms with E-state index in [0.717, 1.165) is 0 Å². The molecule has 0 unspecified atom stereocenters. The number of nitrogens with zero attached hydrogens (tertiary/aromatic N) is 2. The molecule has 29 heavy (non-hydrogen) atoms. The van der Waals surface area contributed by atoms with Gasteiger partial charge in [0, 0.05) is 50.0 Å². The maximum absolute atomic E-state index is 12.8. The number of rotatable bonds is 5. The number of carbonyl (C=O) groups excluding carboxylic acids is 2. The largest absolute Gasteiger partial charge is 0.326 e. The minimum Gasteiger partial charge on any atom is -0.326 e. The molecule has 8 nitrogen and oxygen atoms in total. The minimum absolute atomic E-state index is 0.202. The van der Waals surface area contributed by atoms with Crippen LogP contribution in [0.4, 0.5) is 11.4 Å². The third kappa shape index (κ3) is 5.20. The monoisotopic (exact) mass is 416 g/mol. The SMILES string of the molecule is CC(=O)Nc1cccc(C(=O)Nc2ccc(S(=O)(=O)N3CCN(C)CC3)cc2)c1. The third-order valence-corrected chi connectivity index (χ3v) is 6.57. The van der Waals surface area contributed by atoms with Crippen molar-refractivity contribution in [2.24, 2.45) is 0 Å². The van der Waals surface area contributed by atoms with Crippen molar-refractivity contribution in [2.75, 3.05) is 43.9 Å². The molecule has 0 aliphatic carbocycles. The van der Waals surface area contributed by atoms with E-state index in [0.29, 0.717) is 43.1 Å². The third-order valence-electron chi connectivity index (χ3n) is 4.66. The first-order chi connectivity index (χ1) is 13.8. The number of piperazine rings is 1. The molecule has 154 valence electrons. The van der Waals surface area contributed by atoms with Crippen LogP contribution in [0.3, 0.4) is 0 Å². The Morgan fingerprint density at radius 3 is 2.17 bits per heavy atom. The van der Waals surface area contributed by atoms with Crippen LogP contribution in [0, 0.1) is 0 Å². The molecule has 0 radical (unpaired) electrons. The lowest BCUT2D eigenvalue weighted by Gasteiger charge is -2.31. The van der Waals surface area contributed by atoms with Gasteiger partial charge in [0.25, 0.3) is 5.91 Å². The summed E-state index contributed by atoms with van der Waals surface area (Å²) < 4.78 is 27.0. The number of amides is 2. The lowest BCUT2D eigenvalue weighted by atomic mass is 10.2. The molecule has 1 saturated heterocycles. The van der Waals surface area contributed by atoms with Gasteiger partial charge in [-0.1, -0.05) is 6.07 Å². The van der Waals surface area contributed by atoms with E-state index >= 15 is 0 Å². The molecule has 1 aliphatic rings. The zero-order valence-electron chi connectivity index (χ0n) is 16.4. The van der Waals surface area contributed by atoms with Crippen LogP contribution in [-0.4, -0.2) is 62.7 Å².